The molecule has 18 heavy (non-hydrogen) atoms. The van der Waals surface area contributed by atoms with E-state index in [0.717, 1.165) is 24.8 Å². The molecule has 0 heterocycles. The molecule has 0 aromatic heterocycles. The first-order valence-electron chi connectivity index (χ1n) is 6.26. The maximum Gasteiger partial charge on any atom is 0.303 e. The number of hydrogen-bond acceptors (Lipinski definition) is 2. The number of carboxylic acids is 1. The van der Waals surface area contributed by atoms with Crippen LogP contribution < -0.4 is 0 Å². The molecule has 0 spiro atoms. The average molecular weight is 269 g/mol. The summed E-state index contributed by atoms with van der Waals surface area (Å²) in [5.41, 5.74) is 1.73. The normalized spacial score (nSPS) is 16.6. The molecule has 3 nitrogen and oxygen atoms in total. The molecule has 1 aromatic rings. The molecule has 0 amide bonds. The van der Waals surface area contributed by atoms with Crippen molar-refractivity contribution in [2.75, 3.05) is 0 Å². The van der Waals surface area contributed by atoms with E-state index in [9.17, 15) is 9.90 Å². The number of aryl methyl sites for hydroxylation is 1. The van der Waals surface area contributed by atoms with Crippen molar-refractivity contribution in [3.63, 3.8) is 0 Å². The van der Waals surface area contributed by atoms with Crippen molar-refractivity contribution in [2.24, 2.45) is 5.92 Å². The molecule has 2 rings (SSSR count). The molecule has 1 unspecified atom stereocenters. The number of aromatic hydroxyl groups is 1. The van der Waals surface area contributed by atoms with Gasteiger partial charge in [-0.1, -0.05) is 24.6 Å². The molecule has 0 aliphatic heterocycles. The number of benzene rings is 1. The zero-order chi connectivity index (χ0) is 13.3. The van der Waals surface area contributed by atoms with Crippen molar-refractivity contribution >= 4 is 17.6 Å². The van der Waals surface area contributed by atoms with Gasteiger partial charge in [0.25, 0.3) is 0 Å². The topological polar surface area (TPSA) is 57.5 Å². The Hall–Kier alpha value is -1.22. The summed E-state index contributed by atoms with van der Waals surface area (Å²) < 4.78 is 0. The van der Waals surface area contributed by atoms with Crippen LogP contribution in [0.1, 0.15) is 43.2 Å². The fourth-order valence-corrected chi connectivity index (χ4v) is 2.63. The van der Waals surface area contributed by atoms with Crippen molar-refractivity contribution < 1.29 is 15.0 Å². The van der Waals surface area contributed by atoms with Crippen molar-refractivity contribution in [1.29, 1.82) is 0 Å². The molecule has 1 fully saturated rings. The van der Waals surface area contributed by atoms with Crippen LogP contribution in [-0.4, -0.2) is 16.2 Å². The molecular formula is C14H17ClO3. The summed E-state index contributed by atoms with van der Waals surface area (Å²) in [5, 5.41) is 19.4. The van der Waals surface area contributed by atoms with Gasteiger partial charge in [-0.15, -0.1) is 0 Å². The van der Waals surface area contributed by atoms with Gasteiger partial charge in [0.2, 0.25) is 0 Å². The van der Waals surface area contributed by atoms with Crippen LogP contribution in [0.2, 0.25) is 5.02 Å². The highest BCUT2D eigenvalue weighted by atomic mass is 35.5. The van der Waals surface area contributed by atoms with E-state index in [1.54, 1.807) is 6.07 Å². The van der Waals surface area contributed by atoms with E-state index < -0.39 is 5.97 Å². The molecule has 1 saturated carbocycles. The maximum atomic E-state index is 11.0. The Bertz CT molecular complexity index is 466. The van der Waals surface area contributed by atoms with Gasteiger partial charge in [-0.2, -0.15) is 0 Å². The Morgan fingerprint density at radius 3 is 2.67 bits per heavy atom. The van der Waals surface area contributed by atoms with Gasteiger partial charge in [0.15, 0.2) is 0 Å². The number of phenolic OH excluding ortho intramolecular Hbond substituents is 1. The summed E-state index contributed by atoms with van der Waals surface area (Å²) in [6.07, 6.45) is 2.94. The second-order valence-electron chi connectivity index (χ2n) is 4.91. The molecule has 2 N–H and O–H groups in total. The second kappa shape index (κ2) is 5.19. The quantitative estimate of drug-likeness (QED) is 0.858. The molecule has 1 aromatic carbocycles. The molecular weight excluding hydrogens is 252 g/mol. The minimum absolute atomic E-state index is 0.0482. The molecule has 98 valence electrons. The largest absolute Gasteiger partial charge is 0.506 e. The highest BCUT2D eigenvalue weighted by molar-refractivity contribution is 6.32. The van der Waals surface area contributed by atoms with Crippen LogP contribution in [0.5, 0.6) is 5.75 Å². The van der Waals surface area contributed by atoms with Gasteiger partial charge >= 0.3 is 5.97 Å². The Labute approximate surface area is 111 Å². The van der Waals surface area contributed by atoms with E-state index in [1.807, 2.05) is 13.0 Å². The smallest absolute Gasteiger partial charge is 0.303 e. The standard InChI is InChI=1S/C14H17ClO3/c1-2-8-5-11(14(18)12(15)6-8)10(7-13(16)17)9-3-4-9/h5-6,9-10,18H,2-4,7H2,1H3,(H,16,17). The first kappa shape index (κ1) is 13.2. The number of halogens is 1. The molecule has 1 atom stereocenters. The van der Waals surface area contributed by atoms with Crippen molar-refractivity contribution in [2.45, 2.75) is 38.5 Å². The molecule has 0 saturated heterocycles. The molecule has 0 bridgehead atoms. The lowest BCUT2D eigenvalue weighted by Gasteiger charge is -2.18. The second-order valence-corrected chi connectivity index (χ2v) is 5.32. The Morgan fingerprint density at radius 1 is 1.50 bits per heavy atom. The van der Waals surface area contributed by atoms with Gasteiger partial charge in [0.1, 0.15) is 5.75 Å². The van der Waals surface area contributed by atoms with E-state index in [0.29, 0.717) is 16.5 Å². The summed E-state index contributed by atoms with van der Waals surface area (Å²) in [6.45, 7) is 2.01. The predicted molar refractivity (Wildman–Crippen MR) is 70.2 cm³/mol. The SMILES string of the molecule is CCc1cc(Cl)c(O)c(C(CC(=O)O)C2CC2)c1. The van der Waals surface area contributed by atoms with Crippen molar-refractivity contribution in [3.05, 3.63) is 28.3 Å². The monoisotopic (exact) mass is 268 g/mol. The van der Waals surface area contributed by atoms with Crippen molar-refractivity contribution in [1.82, 2.24) is 0 Å². The first-order chi connectivity index (χ1) is 8.52. The van der Waals surface area contributed by atoms with Crippen LogP contribution in [0, 0.1) is 5.92 Å². The van der Waals surface area contributed by atoms with Gasteiger partial charge in [-0.3, -0.25) is 4.79 Å². The number of carboxylic acid groups (broad SMARTS) is 1. The number of carbonyl (C=O) groups is 1. The predicted octanol–water partition coefficient (Wildman–Crippen LogP) is 3.58. The lowest BCUT2D eigenvalue weighted by atomic mass is 9.89. The third-order valence-electron chi connectivity index (χ3n) is 3.55. The highest BCUT2D eigenvalue weighted by Gasteiger charge is 2.35. The number of rotatable bonds is 5. The molecule has 0 radical (unpaired) electrons. The molecule has 1 aliphatic rings. The van der Waals surface area contributed by atoms with Crippen LogP contribution in [0.3, 0.4) is 0 Å². The summed E-state index contributed by atoms with van der Waals surface area (Å²) in [7, 11) is 0. The summed E-state index contributed by atoms with van der Waals surface area (Å²) in [5.74, 6) is -0.530. The number of phenols is 1. The zero-order valence-electron chi connectivity index (χ0n) is 10.3. The lowest BCUT2D eigenvalue weighted by Crippen LogP contribution is -2.09. The van der Waals surface area contributed by atoms with Crippen LogP contribution in [0.15, 0.2) is 12.1 Å². The zero-order valence-corrected chi connectivity index (χ0v) is 11.1. The Kier molecular flexibility index (Phi) is 3.81. The van der Waals surface area contributed by atoms with E-state index in [4.69, 9.17) is 16.7 Å². The van der Waals surface area contributed by atoms with Gasteiger partial charge in [0.05, 0.1) is 11.4 Å². The summed E-state index contributed by atoms with van der Waals surface area (Å²) in [4.78, 5) is 11.0. The molecule has 1 aliphatic carbocycles. The lowest BCUT2D eigenvalue weighted by molar-refractivity contribution is -0.137. The van der Waals surface area contributed by atoms with Crippen LogP contribution in [0.25, 0.3) is 0 Å². The van der Waals surface area contributed by atoms with Crippen LogP contribution in [-0.2, 0) is 11.2 Å². The Balaban J connectivity index is 2.39. The highest BCUT2D eigenvalue weighted by Crippen LogP contribution is 2.48. The molecule has 4 heteroatoms. The van der Waals surface area contributed by atoms with E-state index in [2.05, 4.69) is 0 Å². The first-order valence-corrected chi connectivity index (χ1v) is 6.63. The average Bonchev–Trinajstić information content (AvgIpc) is 3.13. The number of hydrogen-bond donors (Lipinski definition) is 2. The van der Waals surface area contributed by atoms with Crippen LogP contribution >= 0.6 is 11.6 Å². The van der Waals surface area contributed by atoms with Gasteiger partial charge in [0, 0.05) is 5.92 Å². The van der Waals surface area contributed by atoms with Crippen molar-refractivity contribution in [3.8, 4) is 5.75 Å². The van der Waals surface area contributed by atoms with Crippen LogP contribution in [0.4, 0.5) is 0 Å². The minimum atomic E-state index is -0.829. The maximum absolute atomic E-state index is 11.0. The van der Waals surface area contributed by atoms with E-state index >= 15 is 0 Å². The fourth-order valence-electron chi connectivity index (χ4n) is 2.38. The summed E-state index contributed by atoms with van der Waals surface area (Å²) >= 11 is 6.01. The third kappa shape index (κ3) is 2.78. The van der Waals surface area contributed by atoms with E-state index in [1.165, 1.54) is 0 Å². The van der Waals surface area contributed by atoms with Gasteiger partial charge < -0.3 is 10.2 Å². The minimum Gasteiger partial charge on any atom is -0.506 e. The number of aliphatic carboxylic acids is 1. The van der Waals surface area contributed by atoms with Gasteiger partial charge in [-0.25, -0.2) is 0 Å². The third-order valence-corrected chi connectivity index (χ3v) is 3.83. The van der Waals surface area contributed by atoms with Gasteiger partial charge in [-0.05, 0) is 42.4 Å². The Morgan fingerprint density at radius 2 is 2.17 bits per heavy atom. The summed E-state index contributed by atoms with van der Waals surface area (Å²) in [6, 6.07) is 3.64. The fraction of sp³-hybridized carbons (Fsp3) is 0.500. The van der Waals surface area contributed by atoms with E-state index in [-0.39, 0.29) is 18.1 Å².